The molecule has 6 nitrogen and oxygen atoms in total. The summed E-state index contributed by atoms with van der Waals surface area (Å²) in [4.78, 5) is 16.5. The molecule has 0 unspecified atom stereocenters. The third-order valence-corrected chi connectivity index (χ3v) is 3.33. The summed E-state index contributed by atoms with van der Waals surface area (Å²) in [6.45, 7) is 14.2. The Balaban J connectivity index is 0. The van der Waals surface area contributed by atoms with Gasteiger partial charge in [-0.05, 0) is 40.5 Å². The van der Waals surface area contributed by atoms with Crippen molar-refractivity contribution in [2.45, 2.75) is 53.9 Å². The zero-order valence-corrected chi connectivity index (χ0v) is 18.4. The Hall–Kier alpha value is -0.570. The second-order valence-electron chi connectivity index (χ2n) is 6.18. The molecule has 0 rings (SSSR count). The number of hydrogen-bond acceptors (Lipinski definition) is 3. The maximum atomic E-state index is 12.0. The molecule has 3 N–H and O–H groups in total. The second-order valence-corrected chi connectivity index (χ2v) is 6.18. The average Bonchev–Trinajstić information content (AvgIpc) is 2.51. The number of aliphatic imine (C=N–C) groups is 1. The molecule has 0 radical (unpaired) electrons. The van der Waals surface area contributed by atoms with E-state index in [2.05, 4.69) is 27.9 Å². The standard InChI is InChI=1S/C17H36N4O2.HI/c1-6-9-12-23-13-10-11-20-16(19-8-3)21-14-17(4,5)15(22)18-7-2;/h6-14H2,1-5H3,(H,18,22)(H2,19,20,21);1H. The number of nitrogens with zero attached hydrogens (tertiary/aromatic N) is 1. The molecule has 0 aliphatic heterocycles. The Morgan fingerprint density at radius 1 is 1.00 bits per heavy atom. The number of hydrogen-bond donors (Lipinski definition) is 3. The van der Waals surface area contributed by atoms with Gasteiger partial charge >= 0.3 is 0 Å². The van der Waals surface area contributed by atoms with Gasteiger partial charge in [-0.2, -0.15) is 0 Å². The summed E-state index contributed by atoms with van der Waals surface area (Å²) < 4.78 is 5.54. The van der Waals surface area contributed by atoms with Gasteiger partial charge in [0.25, 0.3) is 0 Å². The molecule has 0 aliphatic carbocycles. The van der Waals surface area contributed by atoms with Crippen LogP contribution in [0.5, 0.6) is 0 Å². The number of guanidine groups is 1. The normalized spacial score (nSPS) is 11.6. The number of carbonyl (C=O) groups is 1. The molecule has 0 aliphatic rings. The molecule has 0 fully saturated rings. The lowest BCUT2D eigenvalue weighted by Gasteiger charge is -2.22. The van der Waals surface area contributed by atoms with Gasteiger partial charge in [0.15, 0.2) is 5.96 Å². The monoisotopic (exact) mass is 456 g/mol. The van der Waals surface area contributed by atoms with E-state index in [4.69, 9.17) is 4.74 Å². The summed E-state index contributed by atoms with van der Waals surface area (Å²) in [5, 5.41) is 9.34. The molecule has 0 spiro atoms. The highest BCUT2D eigenvalue weighted by molar-refractivity contribution is 14.0. The van der Waals surface area contributed by atoms with Gasteiger partial charge in [0.2, 0.25) is 5.91 Å². The number of halogens is 1. The van der Waals surface area contributed by atoms with Gasteiger partial charge in [-0.1, -0.05) is 13.3 Å². The van der Waals surface area contributed by atoms with Crippen molar-refractivity contribution in [3.05, 3.63) is 0 Å². The first-order valence-corrected chi connectivity index (χ1v) is 8.86. The lowest BCUT2D eigenvalue weighted by Crippen LogP contribution is -2.42. The van der Waals surface area contributed by atoms with Gasteiger partial charge in [-0.3, -0.25) is 9.79 Å². The Morgan fingerprint density at radius 2 is 1.62 bits per heavy atom. The molecule has 1 amide bonds. The predicted octanol–water partition coefficient (Wildman–Crippen LogP) is 2.53. The minimum Gasteiger partial charge on any atom is -0.381 e. The van der Waals surface area contributed by atoms with Crippen molar-refractivity contribution in [3.8, 4) is 0 Å². The van der Waals surface area contributed by atoms with Crippen molar-refractivity contribution in [2.24, 2.45) is 10.4 Å². The maximum absolute atomic E-state index is 12.0. The van der Waals surface area contributed by atoms with Crippen molar-refractivity contribution >= 4 is 35.8 Å². The van der Waals surface area contributed by atoms with Crippen molar-refractivity contribution in [1.29, 1.82) is 0 Å². The highest BCUT2D eigenvalue weighted by atomic mass is 127. The van der Waals surface area contributed by atoms with Crippen LogP contribution in [0.25, 0.3) is 0 Å². The molecule has 0 aromatic heterocycles. The topological polar surface area (TPSA) is 74.8 Å². The zero-order valence-electron chi connectivity index (χ0n) is 16.0. The Kier molecular flexibility index (Phi) is 17.0. The van der Waals surface area contributed by atoms with Gasteiger partial charge in [0.05, 0.1) is 12.0 Å². The van der Waals surface area contributed by atoms with Crippen LogP contribution in [0.1, 0.15) is 53.9 Å². The number of rotatable bonds is 12. The fourth-order valence-electron chi connectivity index (χ4n) is 1.82. The highest BCUT2D eigenvalue weighted by Crippen LogP contribution is 2.15. The Labute approximate surface area is 165 Å². The van der Waals surface area contributed by atoms with Crippen LogP contribution in [0.3, 0.4) is 0 Å². The number of unbranched alkanes of at least 4 members (excludes halogenated alkanes) is 1. The van der Waals surface area contributed by atoms with E-state index in [0.29, 0.717) is 13.1 Å². The molecule has 7 heteroatoms. The van der Waals surface area contributed by atoms with Crippen LogP contribution in [-0.4, -0.2) is 51.3 Å². The first-order chi connectivity index (χ1) is 11.0. The summed E-state index contributed by atoms with van der Waals surface area (Å²) >= 11 is 0. The number of nitrogens with one attached hydrogen (secondary N) is 3. The quantitative estimate of drug-likeness (QED) is 0.183. The Bertz CT molecular complexity index is 349. The van der Waals surface area contributed by atoms with Crippen molar-refractivity contribution < 1.29 is 9.53 Å². The molecular formula is C17H37IN4O2. The fraction of sp³-hybridized carbons (Fsp3) is 0.882. The van der Waals surface area contributed by atoms with Crippen LogP contribution in [-0.2, 0) is 9.53 Å². The molecule has 144 valence electrons. The van der Waals surface area contributed by atoms with Gasteiger partial charge < -0.3 is 20.7 Å². The summed E-state index contributed by atoms with van der Waals surface area (Å²) in [5.41, 5.74) is -0.512. The van der Waals surface area contributed by atoms with Crippen molar-refractivity contribution in [1.82, 2.24) is 16.0 Å². The molecule has 0 bridgehead atoms. The Morgan fingerprint density at radius 3 is 2.21 bits per heavy atom. The lowest BCUT2D eigenvalue weighted by atomic mass is 9.92. The molecule has 0 heterocycles. The summed E-state index contributed by atoms with van der Waals surface area (Å²) in [5.74, 6) is 0.780. The summed E-state index contributed by atoms with van der Waals surface area (Å²) in [7, 11) is 0. The van der Waals surface area contributed by atoms with Gasteiger partial charge in [0.1, 0.15) is 0 Å². The smallest absolute Gasteiger partial charge is 0.227 e. The van der Waals surface area contributed by atoms with Gasteiger partial charge in [0, 0.05) is 32.8 Å². The second kappa shape index (κ2) is 15.9. The SMILES string of the molecule is CCCCOCCCNC(=NCC(C)(C)C(=O)NCC)NCC.I. The third-order valence-electron chi connectivity index (χ3n) is 3.33. The van der Waals surface area contributed by atoms with E-state index in [-0.39, 0.29) is 29.9 Å². The summed E-state index contributed by atoms with van der Waals surface area (Å²) in [6.07, 6.45) is 3.22. The van der Waals surface area contributed by atoms with E-state index in [1.165, 1.54) is 0 Å². The predicted molar refractivity (Wildman–Crippen MR) is 112 cm³/mol. The third kappa shape index (κ3) is 12.8. The average molecular weight is 456 g/mol. The molecule has 0 atom stereocenters. The van der Waals surface area contributed by atoms with E-state index < -0.39 is 5.41 Å². The first kappa shape index (κ1) is 25.7. The molecule has 0 saturated heterocycles. The van der Waals surface area contributed by atoms with Crippen molar-refractivity contribution in [3.63, 3.8) is 0 Å². The van der Waals surface area contributed by atoms with E-state index in [9.17, 15) is 4.79 Å². The largest absolute Gasteiger partial charge is 0.381 e. The first-order valence-electron chi connectivity index (χ1n) is 8.86. The maximum Gasteiger partial charge on any atom is 0.227 e. The van der Waals surface area contributed by atoms with Crippen LogP contribution in [0, 0.1) is 5.41 Å². The fourth-order valence-corrected chi connectivity index (χ4v) is 1.82. The van der Waals surface area contributed by atoms with Crippen molar-refractivity contribution in [2.75, 3.05) is 39.4 Å². The van der Waals surface area contributed by atoms with Crippen LogP contribution in [0.2, 0.25) is 0 Å². The van der Waals surface area contributed by atoms with Crippen LogP contribution >= 0.6 is 24.0 Å². The van der Waals surface area contributed by atoms with Crippen LogP contribution in [0.15, 0.2) is 4.99 Å². The van der Waals surface area contributed by atoms with Gasteiger partial charge in [-0.25, -0.2) is 0 Å². The van der Waals surface area contributed by atoms with Crippen LogP contribution < -0.4 is 16.0 Å². The number of carbonyl (C=O) groups excluding carboxylic acids is 1. The molecule has 0 saturated carbocycles. The molecule has 0 aromatic rings. The van der Waals surface area contributed by atoms with Crippen LogP contribution in [0.4, 0.5) is 0 Å². The zero-order chi connectivity index (χ0) is 17.6. The van der Waals surface area contributed by atoms with Gasteiger partial charge in [-0.15, -0.1) is 24.0 Å². The minimum atomic E-state index is -0.512. The highest BCUT2D eigenvalue weighted by Gasteiger charge is 2.26. The minimum absolute atomic E-state index is 0. The van der Waals surface area contributed by atoms with E-state index in [1.807, 2.05) is 27.7 Å². The summed E-state index contributed by atoms with van der Waals surface area (Å²) in [6, 6.07) is 0. The molecule has 0 aromatic carbocycles. The lowest BCUT2D eigenvalue weighted by molar-refractivity contribution is -0.128. The van der Waals surface area contributed by atoms with E-state index in [0.717, 1.165) is 51.5 Å². The molecule has 24 heavy (non-hydrogen) atoms. The van der Waals surface area contributed by atoms with E-state index in [1.54, 1.807) is 0 Å². The molecular weight excluding hydrogens is 419 g/mol. The van der Waals surface area contributed by atoms with E-state index >= 15 is 0 Å². The number of ether oxygens (including phenoxy) is 1. The number of amides is 1.